The molecule has 0 unspecified atom stereocenters. The Balaban J connectivity index is 1.34. The molecule has 1 aromatic heterocycles. The molecule has 0 bridgehead atoms. The molecular formula is C31H35N3O6S. The molecule has 0 aliphatic heterocycles. The molecule has 0 radical (unpaired) electrons. The lowest BCUT2D eigenvalue weighted by molar-refractivity contribution is -0.127. The predicted octanol–water partition coefficient (Wildman–Crippen LogP) is 5.62. The van der Waals surface area contributed by atoms with Gasteiger partial charge in [0.15, 0.2) is 6.10 Å². The molecule has 2 atom stereocenters. The number of hydrogen-bond acceptors (Lipinski definition) is 8. The van der Waals surface area contributed by atoms with Gasteiger partial charge in [0.05, 0.1) is 25.0 Å². The van der Waals surface area contributed by atoms with Crippen LogP contribution in [0.25, 0.3) is 0 Å². The van der Waals surface area contributed by atoms with Crippen molar-refractivity contribution >= 4 is 40.3 Å². The second-order valence-electron chi connectivity index (χ2n) is 9.75. The Morgan fingerprint density at radius 3 is 2.44 bits per heavy atom. The van der Waals surface area contributed by atoms with E-state index in [1.165, 1.54) is 17.6 Å². The molecule has 0 saturated carbocycles. The fourth-order valence-electron chi connectivity index (χ4n) is 4.45. The van der Waals surface area contributed by atoms with Gasteiger partial charge in [0, 0.05) is 10.4 Å². The molecule has 0 saturated heterocycles. The summed E-state index contributed by atoms with van der Waals surface area (Å²) < 4.78 is 16.4. The number of esters is 1. The van der Waals surface area contributed by atoms with E-state index in [1.807, 2.05) is 31.2 Å². The normalized spacial score (nSPS) is 15.1. The van der Waals surface area contributed by atoms with Crippen LogP contribution in [0.1, 0.15) is 70.8 Å². The molecule has 0 fully saturated rings. The Hall–Kier alpha value is -4.18. The van der Waals surface area contributed by atoms with Crippen molar-refractivity contribution in [2.45, 2.75) is 53.1 Å². The maximum Gasteiger partial charge on any atom is 0.341 e. The number of carbonyl (C=O) groups is 3. The lowest BCUT2D eigenvalue weighted by atomic mass is 9.88. The molecule has 0 spiro atoms. The molecular weight excluding hydrogens is 542 g/mol. The van der Waals surface area contributed by atoms with Crippen LogP contribution < -0.4 is 20.2 Å². The molecule has 2 amide bonds. The number of benzene rings is 2. The standard InChI is InChI=1S/C31H35N3O6S/c1-5-38-23-12-8-21(9-13-23)18-32-34-28(35)20(4)40-24-14-10-22(11-15-24)29(36)33-30-27(31(37)39-6-2)25-16-7-19(3)17-26(25)41-30/h8-15,18-20H,5-7,16-17H2,1-4H3,(H,33,36)(H,34,35)/b32-18-/t19-,20+/m0/s1. The zero-order valence-electron chi connectivity index (χ0n) is 23.7. The summed E-state index contributed by atoms with van der Waals surface area (Å²) in [4.78, 5) is 39.4. The molecule has 41 heavy (non-hydrogen) atoms. The number of amides is 2. The first-order valence-electron chi connectivity index (χ1n) is 13.7. The zero-order chi connectivity index (χ0) is 29.4. The molecule has 3 aromatic rings. The first kappa shape index (κ1) is 29.8. The summed E-state index contributed by atoms with van der Waals surface area (Å²) in [5.74, 6) is 0.546. The summed E-state index contributed by atoms with van der Waals surface area (Å²) in [5.41, 5.74) is 5.13. The molecule has 1 aliphatic rings. The monoisotopic (exact) mass is 577 g/mol. The lowest BCUT2D eigenvalue weighted by Crippen LogP contribution is -2.33. The highest BCUT2D eigenvalue weighted by Gasteiger charge is 2.29. The van der Waals surface area contributed by atoms with E-state index in [9.17, 15) is 14.4 Å². The van der Waals surface area contributed by atoms with Crippen molar-refractivity contribution in [2.24, 2.45) is 11.0 Å². The van der Waals surface area contributed by atoms with Crippen molar-refractivity contribution in [3.05, 3.63) is 75.7 Å². The van der Waals surface area contributed by atoms with E-state index in [0.29, 0.717) is 34.4 Å². The third-order valence-corrected chi connectivity index (χ3v) is 7.77. The minimum Gasteiger partial charge on any atom is -0.494 e. The van der Waals surface area contributed by atoms with Crippen LogP contribution in [0, 0.1) is 5.92 Å². The van der Waals surface area contributed by atoms with Crippen molar-refractivity contribution in [1.29, 1.82) is 0 Å². The lowest BCUT2D eigenvalue weighted by Gasteiger charge is -2.18. The number of fused-ring (bicyclic) bond motifs is 1. The smallest absolute Gasteiger partial charge is 0.341 e. The largest absolute Gasteiger partial charge is 0.494 e. The van der Waals surface area contributed by atoms with Crippen LogP contribution in [0.15, 0.2) is 53.6 Å². The van der Waals surface area contributed by atoms with Crippen molar-refractivity contribution in [2.75, 3.05) is 18.5 Å². The average molecular weight is 578 g/mol. The van der Waals surface area contributed by atoms with E-state index in [0.717, 1.165) is 41.0 Å². The van der Waals surface area contributed by atoms with Crippen LogP contribution in [-0.2, 0) is 22.4 Å². The number of carbonyl (C=O) groups excluding carboxylic acids is 3. The highest BCUT2D eigenvalue weighted by atomic mass is 32.1. The quantitative estimate of drug-likeness (QED) is 0.174. The molecule has 9 nitrogen and oxygen atoms in total. The van der Waals surface area contributed by atoms with Crippen LogP contribution in [-0.4, -0.2) is 43.3 Å². The first-order valence-corrected chi connectivity index (χ1v) is 14.6. The topological polar surface area (TPSA) is 115 Å². The highest BCUT2D eigenvalue weighted by molar-refractivity contribution is 7.17. The van der Waals surface area contributed by atoms with Gasteiger partial charge in [-0.25, -0.2) is 10.2 Å². The van der Waals surface area contributed by atoms with Gasteiger partial charge in [0.25, 0.3) is 11.8 Å². The summed E-state index contributed by atoms with van der Waals surface area (Å²) in [5, 5.41) is 7.42. The van der Waals surface area contributed by atoms with Crippen molar-refractivity contribution in [1.82, 2.24) is 5.43 Å². The maximum atomic E-state index is 13.1. The summed E-state index contributed by atoms with van der Waals surface area (Å²) in [7, 11) is 0. The Bertz CT molecular complexity index is 1400. The van der Waals surface area contributed by atoms with Gasteiger partial charge in [-0.1, -0.05) is 6.92 Å². The van der Waals surface area contributed by atoms with E-state index >= 15 is 0 Å². The fourth-order valence-corrected chi connectivity index (χ4v) is 5.85. The summed E-state index contributed by atoms with van der Waals surface area (Å²) in [6.45, 7) is 8.34. The minimum absolute atomic E-state index is 0.264. The highest BCUT2D eigenvalue weighted by Crippen LogP contribution is 2.40. The van der Waals surface area contributed by atoms with Crippen LogP contribution >= 0.6 is 11.3 Å². The summed E-state index contributed by atoms with van der Waals surface area (Å²) in [6.07, 6.45) is 3.38. The van der Waals surface area contributed by atoms with Gasteiger partial charge >= 0.3 is 5.97 Å². The van der Waals surface area contributed by atoms with Crippen molar-refractivity contribution < 1.29 is 28.6 Å². The van der Waals surface area contributed by atoms with E-state index in [2.05, 4.69) is 22.8 Å². The van der Waals surface area contributed by atoms with Gasteiger partial charge < -0.3 is 19.5 Å². The Kier molecular flexibility index (Phi) is 10.1. The number of nitrogens with one attached hydrogen (secondary N) is 2. The van der Waals surface area contributed by atoms with E-state index in [4.69, 9.17) is 14.2 Å². The Morgan fingerprint density at radius 2 is 1.76 bits per heavy atom. The molecule has 1 heterocycles. The Morgan fingerprint density at radius 1 is 1.05 bits per heavy atom. The molecule has 4 rings (SSSR count). The van der Waals surface area contributed by atoms with Crippen LogP contribution in [0.4, 0.5) is 5.00 Å². The fraction of sp³-hybridized carbons (Fsp3) is 0.355. The van der Waals surface area contributed by atoms with Gasteiger partial charge in [0.1, 0.15) is 16.5 Å². The van der Waals surface area contributed by atoms with Crippen molar-refractivity contribution in [3.63, 3.8) is 0 Å². The first-order chi connectivity index (χ1) is 19.8. The summed E-state index contributed by atoms with van der Waals surface area (Å²) >= 11 is 1.45. The second kappa shape index (κ2) is 13.9. The number of ether oxygens (including phenoxy) is 3. The third-order valence-electron chi connectivity index (χ3n) is 6.60. The van der Waals surface area contributed by atoms with Gasteiger partial charge in [0.2, 0.25) is 0 Å². The van der Waals surface area contributed by atoms with Gasteiger partial charge in [-0.05, 0) is 106 Å². The Labute approximate surface area is 243 Å². The van der Waals surface area contributed by atoms with Crippen LogP contribution in [0.2, 0.25) is 0 Å². The molecule has 2 N–H and O–H groups in total. The number of nitrogens with zero attached hydrogens (tertiary/aromatic N) is 1. The predicted molar refractivity (Wildman–Crippen MR) is 159 cm³/mol. The molecule has 1 aliphatic carbocycles. The molecule has 2 aromatic carbocycles. The number of thiophene rings is 1. The number of hydrogen-bond donors (Lipinski definition) is 2. The van der Waals surface area contributed by atoms with Crippen LogP contribution in [0.5, 0.6) is 11.5 Å². The number of hydrazone groups is 1. The van der Waals surface area contributed by atoms with Crippen molar-refractivity contribution in [3.8, 4) is 11.5 Å². The maximum absolute atomic E-state index is 13.1. The zero-order valence-corrected chi connectivity index (χ0v) is 24.5. The molecule has 10 heteroatoms. The third kappa shape index (κ3) is 7.73. The van der Waals surface area contributed by atoms with Gasteiger partial charge in [-0.15, -0.1) is 11.3 Å². The van der Waals surface area contributed by atoms with Gasteiger partial charge in [-0.3, -0.25) is 9.59 Å². The minimum atomic E-state index is -0.820. The second-order valence-corrected chi connectivity index (χ2v) is 10.9. The van der Waals surface area contributed by atoms with Crippen LogP contribution in [0.3, 0.4) is 0 Å². The van der Waals surface area contributed by atoms with Gasteiger partial charge in [-0.2, -0.15) is 5.10 Å². The number of rotatable bonds is 11. The van der Waals surface area contributed by atoms with E-state index in [1.54, 1.807) is 38.1 Å². The summed E-state index contributed by atoms with van der Waals surface area (Å²) in [6, 6.07) is 13.8. The van der Waals surface area contributed by atoms with E-state index < -0.39 is 18.0 Å². The molecule has 216 valence electrons. The SMILES string of the molecule is CCOC(=O)c1c(NC(=O)c2ccc(O[C@H](C)C(=O)N/N=C\c3ccc(OCC)cc3)cc2)sc2c1CC[C@H](C)C2. The van der Waals surface area contributed by atoms with E-state index in [-0.39, 0.29) is 12.5 Å². The number of anilines is 1. The average Bonchev–Trinajstić information content (AvgIpc) is 3.31.